The lowest BCUT2D eigenvalue weighted by molar-refractivity contribution is -0.138. The molecule has 0 fully saturated rings. The highest BCUT2D eigenvalue weighted by Gasteiger charge is 2.38. The minimum Gasteiger partial charge on any atom is -0.346 e. The normalized spacial score (nSPS) is 12.8. The molecule has 0 spiro atoms. The number of nitrogens with zero attached hydrogens (tertiary/aromatic N) is 7. The Balaban J connectivity index is 0.000000161. The Morgan fingerprint density at radius 3 is 1.35 bits per heavy atom. The second-order valence-electron chi connectivity index (χ2n) is 21.2. The number of hydrogen-bond donors (Lipinski definition) is 4. The van der Waals surface area contributed by atoms with Gasteiger partial charge in [-0.15, -0.1) is 0 Å². The molecule has 0 saturated carbocycles. The van der Waals surface area contributed by atoms with Gasteiger partial charge < -0.3 is 4.98 Å². The van der Waals surface area contributed by atoms with Gasteiger partial charge in [0.1, 0.15) is 34.8 Å². The fraction of sp³-hybridized carbons (Fsp3) is 0.111. The van der Waals surface area contributed by atoms with Crippen LogP contribution in [0, 0.1) is 13.8 Å². The van der Waals surface area contributed by atoms with Crippen molar-refractivity contribution in [3.63, 3.8) is 0 Å². The van der Waals surface area contributed by atoms with Crippen LogP contribution in [0.25, 0.3) is 23.2 Å². The smallest absolute Gasteiger partial charge is 0.346 e. The first kappa shape index (κ1) is 72.1. The molecule has 36 heteroatoms. The third-order valence-corrected chi connectivity index (χ3v) is 19.6. The van der Waals surface area contributed by atoms with E-state index in [1.54, 1.807) is 44.3 Å². The number of aromatic amines is 1. The highest BCUT2D eigenvalue weighted by atomic mass is 35.5. The van der Waals surface area contributed by atoms with E-state index in [9.17, 15) is 79.2 Å². The zero-order valence-electron chi connectivity index (χ0n) is 49.9. The molecule has 20 nitrogen and oxygen atoms in total. The number of hydrogen-bond acceptors (Lipinski definition) is 16. The summed E-state index contributed by atoms with van der Waals surface area (Å²) in [5.74, 6) is -1.86. The molecule has 0 atom stereocenters. The summed E-state index contributed by atoms with van der Waals surface area (Å²) in [4.78, 5) is 69.0. The summed E-state index contributed by atoms with van der Waals surface area (Å²) in [6.07, 6.45) is 3.19. The van der Waals surface area contributed by atoms with Crippen LogP contribution in [-0.4, -0.2) is 82.5 Å². The molecule has 2 aliphatic rings. The van der Waals surface area contributed by atoms with Crippen LogP contribution in [0.4, 0.5) is 56.6 Å². The summed E-state index contributed by atoms with van der Waals surface area (Å²) < 4.78 is 203. The van der Waals surface area contributed by atoms with E-state index in [1.807, 2.05) is 6.08 Å². The Labute approximate surface area is 574 Å². The summed E-state index contributed by atoms with van der Waals surface area (Å²) in [5.41, 5.74) is -0.853. The van der Waals surface area contributed by atoms with Crippen LogP contribution in [0.5, 0.6) is 0 Å². The maximum Gasteiger partial charge on any atom is 0.417 e. The van der Waals surface area contributed by atoms with Gasteiger partial charge in [-0.25, -0.2) is 45.2 Å². The number of carbonyl (C=O) groups excluding carboxylic acids is 3. The zero-order valence-corrected chi connectivity index (χ0v) is 55.3. The largest absolute Gasteiger partial charge is 0.417 e. The first-order chi connectivity index (χ1) is 46.4. The molecule has 4 N–H and O–H groups in total. The van der Waals surface area contributed by atoms with Gasteiger partial charge in [-0.05, 0) is 116 Å². The Kier molecular flexibility index (Phi) is 20.3. The molecule has 7 aromatic heterocycles. The molecule has 0 aliphatic heterocycles. The van der Waals surface area contributed by atoms with Gasteiger partial charge in [-0.2, -0.15) is 39.5 Å². The summed E-state index contributed by atoms with van der Waals surface area (Å²) in [6, 6.07) is 15.0. The van der Waals surface area contributed by atoms with Crippen molar-refractivity contribution in [1.29, 1.82) is 0 Å². The first-order valence-electron chi connectivity index (χ1n) is 27.9. The third-order valence-electron chi connectivity index (χ3n) is 14.3. The summed E-state index contributed by atoms with van der Waals surface area (Å²) in [7, 11) is -13.6. The van der Waals surface area contributed by atoms with E-state index in [2.05, 4.69) is 54.0 Å². The Hall–Kier alpha value is -9.70. The van der Waals surface area contributed by atoms with Gasteiger partial charge in [0.15, 0.2) is 0 Å². The van der Waals surface area contributed by atoms with Crippen LogP contribution >= 0.6 is 46.4 Å². The van der Waals surface area contributed by atoms with Crippen LogP contribution in [0.15, 0.2) is 161 Å². The van der Waals surface area contributed by atoms with Crippen LogP contribution in [0.1, 0.15) is 98.6 Å². The Morgan fingerprint density at radius 2 is 0.869 bits per heavy atom. The van der Waals surface area contributed by atoms with Crippen LogP contribution < -0.4 is 14.2 Å². The van der Waals surface area contributed by atoms with Gasteiger partial charge in [-0.1, -0.05) is 70.7 Å². The molecule has 0 radical (unpaired) electrons. The number of rotatable bonds is 15. The number of H-pyrrole nitrogens is 1. The van der Waals surface area contributed by atoms with Crippen molar-refractivity contribution >= 4 is 134 Å². The number of allylic oxidation sites excluding steroid dienone is 2. The number of carbonyl (C=O) groups is 3. The van der Waals surface area contributed by atoms with Crippen LogP contribution in [0.2, 0.25) is 20.1 Å². The lowest BCUT2D eigenvalue weighted by Crippen LogP contribution is -2.19. The topological polar surface area (TPSA) is 296 Å². The number of aromatic nitrogens is 8. The molecule has 99 heavy (non-hydrogen) atoms. The molecule has 2 aliphatic carbocycles. The average molecular weight is 1500 g/mol. The van der Waals surface area contributed by atoms with Gasteiger partial charge in [-0.3, -0.25) is 43.5 Å². The predicted octanol–water partition coefficient (Wildman–Crippen LogP) is 14.8. The number of halogens is 13. The summed E-state index contributed by atoms with van der Waals surface area (Å²) in [6.45, 7) is 3.25. The van der Waals surface area contributed by atoms with Crippen molar-refractivity contribution in [2.45, 2.75) is 59.9 Å². The van der Waals surface area contributed by atoms with Gasteiger partial charge in [0, 0.05) is 77.7 Å². The number of aryl methyl sites for hydroxylation is 2. The maximum atomic E-state index is 13.3. The Morgan fingerprint density at radius 1 is 0.455 bits per heavy atom. The standard InChI is InChI=1S/C22H15ClF3N3O3S.C21H14ClF3N4O3S.C20H11Cl2F3N4O3S/c1-12-9-19(29-33(31,32)13-5-6-17(23)16(10-13)22(24,25)26)20(28-11-12)21(30)15-7-8-27-18-4-2-3-14(15)18;1-11-7-17(29-33(31,32)12-5-6-15(22)14(8-12)21(23,24)25)19(26-9-11)20(30)18-13-3-2-4-16(13)27-10-28-18;21-10-7-16(29-33(31,32)11-1-2-15(22)14(8-11)20(23,24)25)17(28-9-10)18(30)12-3-5-26-19-13(12)4-6-27-19/h2-3,5-11,29H,4H2,1H3;2-3,5-10,29H,4H2,1H3;1-9,29H,(H,26,27). The maximum absolute atomic E-state index is 13.3. The number of sulfonamides is 3. The summed E-state index contributed by atoms with van der Waals surface area (Å²) in [5, 5.41) is -1.46. The van der Waals surface area contributed by atoms with Crippen molar-refractivity contribution in [1.82, 2.24) is 39.9 Å². The molecule has 0 unspecified atom stereocenters. The second-order valence-corrected chi connectivity index (χ2v) is 27.9. The Bertz CT molecular complexity index is 5180. The minimum atomic E-state index is -4.87. The van der Waals surface area contributed by atoms with Crippen LogP contribution in [0.3, 0.4) is 0 Å². The number of benzene rings is 3. The molecule has 510 valence electrons. The molecular formula is C63H40Cl4F9N11O9S3. The second kappa shape index (κ2) is 27.9. The third kappa shape index (κ3) is 15.9. The van der Waals surface area contributed by atoms with Crippen LogP contribution in [-0.2, 0) is 61.4 Å². The molecule has 3 aromatic carbocycles. The lowest BCUT2D eigenvalue weighted by atomic mass is 10.0. The number of nitrogens with one attached hydrogen (secondary N) is 4. The first-order valence-corrected chi connectivity index (χ1v) is 33.9. The molecule has 10 aromatic rings. The van der Waals surface area contributed by atoms with Crippen molar-refractivity contribution in [3.05, 3.63) is 251 Å². The van der Waals surface area contributed by atoms with Crippen molar-refractivity contribution < 1.29 is 79.2 Å². The van der Waals surface area contributed by atoms with Gasteiger partial charge in [0.05, 0.1) is 79.9 Å². The van der Waals surface area contributed by atoms with Crippen molar-refractivity contribution in [2.24, 2.45) is 0 Å². The van der Waals surface area contributed by atoms with Gasteiger partial charge >= 0.3 is 18.5 Å². The summed E-state index contributed by atoms with van der Waals surface area (Å²) >= 11 is 22.7. The average Bonchev–Trinajstić information content (AvgIpc) is 1.80. The number of ketones is 3. The predicted molar refractivity (Wildman–Crippen MR) is 347 cm³/mol. The fourth-order valence-corrected chi connectivity index (χ4v) is 13.8. The fourth-order valence-electron chi connectivity index (χ4n) is 9.75. The quantitative estimate of drug-likeness (QED) is 0.0548. The van der Waals surface area contributed by atoms with Gasteiger partial charge in [0.25, 0.3) is 30.1 Å². The number of alkyl halides is 9. The SMILES string of the molecule is Cc1cnc(C(=O)c2ccnc3c2C=CC3)c(NS(=O)(=O)c2ccc(Cl)c(C(F)(F)F)c2)c1.Cc1cnc(C(=O)c2ncnc3c2C=CC3)c(NS(=O)(=O)c2ccc(Cl)c(C(F)(F)F)c2)c1.O=C(c1ncc(Cl)cc1NS(=O)(=O)c1ccc(Cl)c(C(F)(F)F)c1)c1ccnc2[nH]ccc12. The molecule has 7 heterocycles. The minimum absolute atomic E-state index is 0.00198. The van der Waals surface area contributed by atoms with Crippen molar-refractivity contribution in [2.75, 3.05) is 14.2 Å². The van der Waals surface area contributed by atoms with E-state index >= 15 is 0 Å². The van der Waals surface area contributed by atoms with E-state index in [1.165, 1.54) is 55.4 Å². The number of anilines is 3. The monoisotopic (exact) mass is 1500 g/mol. The number of pyridine rings is 5. The lowest BCUT2D eigenvalue weighted by Gasteiger charge is -2.15. The highest BCUT2D eigenvalue weighted by Crippen LogP contribution is 2.40. The van der Waals surface area contributed by atoms with E-state index in [4.69, 9.17) is 46.4 Å². The molecule has 12 rings (SSSR count). The molecule has 0 saturated heterocycles. The van der Waals surface area contributed by atoms with Crippen molar-refractivity contribution in [3.8, 4) is 0 Å². The molecule has 0 amide bonds. The van der Waals surface area contributed by atoms with Gasteiger partial charge in [0.2, 0.25) is 17.3 Å². The van der Waals surface area contributed by atoms with E-state index in [0.29, 0.717) is 75.7 Å². The molecule has 0 bridgehead atoms. The zero-order chi connectivity index (χ0) is 71.9. The highest BCUT2D eigenvalue weighted by molar-refractivity contribution is 7.93. The number of fused-ring (bicyclic) bond motifs is 3. The van der Waals surface area contributed by atoms with E-state index in [0.717, 1.165) is 48.7 Å². The van der Waals surface area contributed by atoms with E-state index in [-0.39, 0.29) is 56.0 Å². The molecular weight excluding hydrogens is 1460 g/mol. The van der Waals surface area contributed by atoms with E-state index < -0.39 is 112 Å².